The summed E-state index contributed by atoms with van der Waals surface area (Å²) in [6, 6.07) is 0. The standard InChI is InChI=1S/C14H20N2O4S/c1-8(2)11-12(14(19)20)21-10(15-11)7-16-5-3-9(4-6-16)13(17)18/h8-9H,3-7H2,1-2H3,(H,17,18)(H,19,20). The van der Waals surface area contributed by atoms with E-state index < -0.39 is 11.9 Å². The molecule has 0 amide bonds. The van der Waals surface area contributed by atoms with Crippen LogP contribution in [0.25, 0.3) is 0 Å². The van der Waals surface area contributed by atoms with Gasteiger partial charge in [0.15, 0.2) is 0 Å². The van der Waals surface area contributed by atoms with Gasteiger partial charge in [0.1, 0.15) is 9.88 Å². The first-order chi connectivity index (χ1) is 9.88. The summed E-state index contributed by atoms with van der Waals surface area (Å²) in [6.45, 7) is 5.91. The van der Waals surface area contributed by atoms with Crippen molar-refractivity contribution >= 4 is 23.3 Å². The van der Waals surface area contributed by atoms with E-state index in [1.165, 1.54) is 11.3 Å². The third-order valence-corrected chi connectivity index (χ3v) is 4.78. The molecule has 1 aromatic heterocycles. The SMILES string of the molecule is CC(C)c1nc(CN2CCC(C(=O)O)CC2)sc1C(=O)O. The molecule has 0 bridgehead atoms. The second-order valence-electron chi connectivity index (χ2n) is 5.67. The van der Waals surface area contributed by atoms with Gasteiger partial charge >= 0.3 is 11.9 Å². The highest BCUT2D eigenvalue weighted by Crippen LogP contribution is 2.27. The summed E-state index contributed by atoms with van der Waals surface area (Å²) < 4.78 is 0. The van der Waals surface area contributed by atoms with Crippen LogP contribution >= 0.6 is 11.3 Å². The Morgan fingerprint density at radius 3 is 2.38 bits per heavy atom. The number of hydrogen-bond acceptors (Lipinski definition) is 5. The van der Waals surface area contributed by atoms with Crippen LogP contribution in [0.5, 0.6) is 0 Å². The van der Waals surface area contributed by atoms with Gasteiger partial charge in [-0.25, -0.2) is 9.78 Å². The Bertz CT molecular complexity index is 533. The number of likely N-dealkylation sites (tertiary alicyclic amines) is 1. The molecule has 1 saturated heterocycles. The van der Waals surface area contributed by atoms with Gasteiger partial charge in [0.25, 0.3) is 0 Å². The van der Waals surface area contributed by atoms with E-state index in [-0.39, 0.29) is 11.8 Å². The zero-order valence-corrected chi connectivity index (χ0v) is 13.0. The van der Waals surface area contributed by atoms with Crippen LogP contribution in [-0.2, 0) is 11.3 Å². The van der Waals surface area contributed by atoms with Crippen LogP contribution in [0.4, 0.5) is 0 Å². The monoisotopic (exact) mass is 312 g/mol. The summed E-state index contributed by atoms with van der Waals surface area (Å²) in [6.07, 6.45) is 1.28. The largest absolute Gasteiger partial charge is 0.481 e. The third kappa shape index (κ3) is 3.79. The van der Waals surface area contributed by atoms with Gasteiger partial charge < -0.3 is 10.2 Å². The van der Waals surface area contributed by atoms with E-state index in [0.717, 1.165) is 18.1 Å². The lowest BCUT2D eigenvalue weighted by atomic mass is 9.97. The number of aliphatic carboxylic acids is 1. The summed E-state index contributed by atoms with van der Waals surface area (Å²) in [5.41, 5.74) is 0.642. The first-order valence-corrected chi connectivity index (χ1v) is 7.88. The smallest absolute Gasteiger partial charge is 0.347 e. The van der Waals surface area contributed by atoms with Crippen molar-refractivity contribution in [2.24, 2.45) is 5.92 Å². The average Bonchev–Trinajstić information content (AvgIpc) is 2.83. The van der Waals surface area contributed by atoms with Gasteiger partial charge in [-0.1, -0.05) is 13.8 Å². The minimum Gasteiger partial charge on any atom is -0.481 e. The van der Waals surface area contributed by atoms with Crippen LogP contribution in [0, 0.1) is 5.92 Å². The van der Waals surface area contributed by atoms with Crippen LogP contribution in [0.1, 0.15) is 53.0 Å². The van der Waals surface area contributed by atoms with E-state index in [0.29, 0.717) is 30.0 Å². The summed E-state index contributed by atoms with van der Waals surface area (Å²) in [7, 11) is 0. The molecule has 0 radical (unpaired) electrons. The summed E-state index contributed by atoms with van der Waals surface area (Å²) in [4.78, 5) is 29.1. The van der Waals surface area contributed by atoms with Crippen molar-refractivity contribution in [3.8, 4) is 0 Å². The van der Waals surface area contributed by atoms with Gasteiger partial charge in [-0.3, -0.25) is 9.69 Å². The van der Waals surface area contributed by atoms with Gasteiger partial charge in [0, 0.05) is 0 Å². The number of thiazole rings is 1. The predicted molar refractivity (Wildman–Crippen MR) is 78.8 cm³/mol. The zero-order chi connectivity index (χ0) is 15.6. The Morgan fingerprint density at radius 2 is 1.95 bits per heavy atom. The number of rotatable bonds is 5. The Labute approximate surface area is 127 Å². The summed E-state index contributed by atoms with van der Waals surface area (Å²) in [5, 5.41) is 19.0. The maximum absolute atomic E-state index is 11.2. The second kappa shape index (κ2) is 6.53. The second-order valence-corrected chi connectivity index (χ2v) is 6.75. The molecule has 6 nitrogen and oxygen atoms in total. The lowest BCUT2D eigenvalue weighted by molar-refractivity contribution is -0.143. The molecule has 0 spiro atoms. The lowest BCUT2D eigenvalue weighted by Gasteiger charge is -2.29. The van der Waals surface area contributed by atoms with Crippen LogP contribution in [-0.4, -0.2) is 45.1 Å². The molecule has 1 fully saturated rings. The van der Waals surface area contributed by atoms with Gasteiger partial charge in [0.2, 0.25) is 0 Å². The van der Waals surface area contributed by atoms with E-state index in [1.54, 1.807) is 0 Å². The maximum atomic E-state index is 11.2. The Balaban J connectivity index is 2.02. The van der Waals surface area contributed by atoms with Crippen molar-refractivity contribution < 1.29 is 19.8 Å². The number of carboxylic acids is 2. The molecule has 2 N–H and O–H groups in total. The Kier molecular flexibility index (Phi) is 4.95. The highest BCUT2D eigenvalue weighted by atomic mass is 32.1. The highest BCUT2D eigenvalue weighted by molar-refractivity contribution is 7.13. The normalized spacial score (nSPS) is 17.3. The average molecular weight is 312 g/mol. The first kappa shape index (κ1) is 15.9. The molecule has 116 valence electrons. The molecule has 0 aromatic carbocycles. The summed E-state index contributed by atoms with van der Waals surface area (Å²) >= 11 is 1.23. The van der Waals surface area contributed by atoms with Crippen molar-refractivity contribution in [2.75, 3.05) is 13.1 Å². The van der Waals surface area contributed by atoms with Gasteiger partial charge in [-0.05, 0) is 31.8 Å². The molecule has 0 aliphatic carbocycles. The predicted octanol–water partition coefficient (Wildman–Crippen LogP) is 2.26. The van der Waals surface area contributed by atoms with Crippen molar-refractivity contribution in [3.63, 3.8) is 0 Å². The fourth-order valence-corrected chi connectivity index (χ4v) is 3.62. The maximum Gasteiger partial charge on any atom is 0.347 e. The van der Waals surface area contributed by atoms with Crippen LogP contribution in [0.3, 0.4) is 0 Å². The van der Waals surface area contributed by atoms with Crippen molar-refractivity contribution in [1.82, 2.24) is 9.88 Å². The topological polar surface area (TPSA) is 90.7 Å². The number of aromatic nitrogens is 1. The van der Waals surface area contributed by atoms with E-state index in [2.05, 4.69) is 9.88 Å². The number of aromatic carboxylic acids is 1. The third-order valence-electron chi connectivity index (χ3n) is 3.73. The molecule has 1 aliphatic rings. The Hall–Kier alpha value is -1.47. The fraction of sp³-hybridized carbons (Fsp3) is 0.643. The zero-order valence-electron chi connectivity index (χ0n) is 12.2. The van der Waals surface area contributed by atoms with Crippen molar-refractivity contribution in [3.05, 3.63) is 15.6 Å². The number of piperidine rings is 1. The molecule has 7 heteroatoms. The molecule has 0 atom stereocenters. The van der Waals surface area contributed by atoms with E-state index >= 15 is 0 Å². The van der Waals surface area contributed by atoms with Crippen LogP contribution < -0.4 is 0 Å². The molecule has 1 aliphatic heterocycles. The molecule has 21 heavy (non-hydrogen) atoms. The van der Waals surface area contributed by atoms with E-state index in [1.807, 2.05) is 13.8 Å². The van der Waals surface area contributed by atoms with Gasteiger partial charge in [0.05, 0.1) is 18.2 Å². The number of carbonyl (C=O) groups is 2. The van der Waals surface area contributed by atoms with Crippen LogP contribution in [0.15, 0.2) is 0 Å². The van der Waals surface area contributed by atoms with E-state index in [4.69, 9.17) is 5.11 Å². The molecule has 0 saturated carbocycles. The van der Waals surface area contributed by atoms with Crippen LogP contribution in [0.2, 0.25) is 0 Å². The van der Waals surface area contributed by atoms with Crippen molar-refractivity contribution in [1.29, 1.82) is 0 Å². The van der Waals surface area contributed by atoms with Crippen molar-refractivity contribution in [2.45, 2.75) is 39.2 Å². The fourth-order valence-electron chi connectivity index (χ4n) is 2.52. The summed E-state index contributed by atoms with van der Waals surface area (Å²) in [5.74, 6) is -1.82. The molecule has 1 aromatic rings. The minimum absolute atomic E-state index is 0.0823. The molecule has 0 unspecified atom stereocenters. The quantitative estimate of drug-likeness (QED) is 0.866. The molecule has 2 rings (SSSR count). The molecular formula is C14H20N2O4S. The van der Waals surface area contributed by atoms with E-state index in [9.17, 15) is 14.7 Å². The number of hydrogen-bond donors (Lipinski definition) is 2. The number of carboxylic acid groups (broad SMARTS) is 2. The number of nitrogens with zero attached hydrogens (tertiary/aromatic N) is 2. The lowest BCUT2D eigenvalue weighted by Crippen LogP contribution is -2.35. The molecular weight excluding hydrogens is 292 g/mol. The minimum atomic E-state index is -0.924. The van der Waals surface area contributed by atoms with Gasteiger partial charge in [-0.15, -0.1) is 11.3 Å². The first-order valence-electron chi connectivity index (χ1n) is 7.06. The Morgan fingerprint density at radius 1 is 1.33 bits per heavy atom. The van der Waals surface area contributed by atoms with Gasteiger partial charge in [-0.2, -0.15) is 0 Å². The highest BCUT2D eigenvalue weighted by Gasteiger charge is 2.26. The molecule has 2 heterocycles.